The predicted molar refractivity (Wildman–Crippen MR) is 107 cm³/mol. The Morgan fingerprint density at radius 3 is 2.56 bits per heavy atom. The number of rotatable bonds is 6. The van der Waals surface area contributed by atoms with Crippen molar-refractivity contribution in [2.75, 3.05) is 27.7 Å². The molecule has 0 aliphatic carbocycles. The van der Waals surface area contributed by atoms with Crippen LogP contribution in [0.3, 0.4) is 0 Å². The molecule has 3 rings (SSSR count). The first-order valence-corrected chi connectivity index (χ1v) is 10.5. The normalized spacial score (nSPS) is 12.1. The van der Waals surface area contributed by atoms with E-state index in [1.54, 1.807) is 18.3 Å². The lowest BCUT2D eigenvalue weighted by Crippen LogP contribution is -2.15. The van der Waals surface area contributed by atoms with E-state index in [0.29, 0.717) is 27.5 Å². The van der Waals surface area contributed by atoms with Crippen molar-refractivity contribution in [3.05, 3.63) is 58.4 Å². The number of likely N-dealkylation sites (N-methyl/N-ethyl adjacent to an activating group) is 1. The van der Waals surface area contributed by atoms with Crippen LogP contribution in [-0.4, -0.2) is 45.0 Å². The topological polar surface area (TPSA) is 51.5 Å². The highest BCUT2D eigenvalue weighted by molar-refractivity contribution is 9.10. The minimum atomic E-state index is -3.87. The lowest BCUT2D eigenvalue weighted by Gasteiger charge is -2.10. The van der Waals surface area contributed by atoms with Gasteiger partial charge in [-0.05, 0) is 78.4 Å². The van der Waals surface area contributed by atoms with Crippen molar-refractivity contribution in [2.45, 2.75) is 11.3 Å². The maximum Gasteiger partial charge on any atom is 0.269 e. The molecule has 0 atom stereocenters. The summed E-state index contributed by atoms with van der Waals surface area (Å²) in [6.45, 7) is 0.724. The molecule has 0 unspecified atom stereocenters. The van der Waals surface area contributed by atoms with Crippen molar-refractivity contribution in [3.8, 4) is 5.75 Å². The lowest BCUT2D eigenvalue weighted by molar-refractivity contribution is 0.414. The molecule has 0 spiro atoms. The SMILES string of the molecule is COc1ccc(S(=O)(=O)n2cc(CCN(C)C)c3cc(F)ccc32)c(Br)c1. The van der Waals surface area contributed by atoms with Gasteiger partial charge >= 0.3 is 0 Å². The predicted octanol–water partition coefficient (Wildman–Crippen LogP) is 3.89. The maximum atomic E-state index is 13.8. The third-order valence-corrected chi connectivity index (χ3v) is 6.97. The number of aromatic nitrogens is 1. The number of methoxy groups -OCH3 is 1. The second kappa shape index (κ2) is 7.61. The third kappa shape index (κ3) is 3.88. The molecule has 0 radical (unpaired) electrons. The van der Waals surface area contributed by atoms with Crippen molar-refractivity contribution in [1.82, 2.24) is 8.87 Å². The van der Waals surface area contributed by atoms with E-state index >= 15 is 0 Å². The zero-order valence-electron chi connectivity index (χ0n) is 15.2. The van der Waals surface area contributed by atoms with Gasteiger partial charge in [-0.1, -0.05) is 0 Å². The molecule has 0 fully saturated rings. The van der Waals surface area contributed by atoms with E-state index in [1.807, 2.05) is 19.0 Å². The summed E-state index contributed by atoms with van der Waals surface area (Å²) in [4.78, 5) is 2.11. The van der Waals surface area contributed by atoms with Crippen LogP contribution in [0.15, 0.2) is 52.0 Å². The van der Waals surface area contributed by atoms with E-state index in [2.05, 4.69) is 15.9 Å². The molecular weight excluding hydrogens is 435 g/mol. The van der Waals surface area contributed by atoms with Gasteiger partial charge < -0.3 is 9.64 Å². The summed E-state index contributed by atoms with van der Waals surface area (Å²) in [7, 11) is 1.51. The second-order valence-corrected chi connectivity index (χ2v) is 9.10. The van der Waals surface area contributed by atoms with Gasteiger partial charge in [0.25, 0.3) is 10.0 Å². The zero-order valence-corrected chi connectivity index (χ0v) is 17.6. The number of nitrogens with zero attached hydrogens (tertiary/aromatic N) is 2. The van der Waals surface area contributed by atoms with Crippen LogP contribution in [0.2, 0.25) is 0 Å². The first-order chi connectivity index (χ1) is 12.7. The van der Waals surface area contributed by atoms with Gasteiger partial charge in [0.1, 0.15) is 16.5 Å². The van der Waals surface area contributed by atoms with Gasteiger partial charge in [0.15, 0.2) is 0 Å². The van der Waals surface area contributed by atoms with Gasteiger partial charge in [-0.25, -0.2) is 16.8 Å². The summed E-state index contributed by atoms with van der Waals surface area (Å²) < 4.78 is 47.1. The first-order valence-electron chi connectivity index (χ1n) is 8.27. The molecule has 3 aromatic rings. The Morgan fingerprint density at radius 2 is 1.93 bits per heavy atom. The maximum absolute atomic E-state index is 13.8. The number of hydrogen-bond donors (Lipinski definition) is 0. The minimum absolute atomic E-state index is 0.115. The van der Waals surface area contributed by atoms with Gasteiger partial charge in [0, 0.05) is 22.6 Å². The lowest BCUT2D eigenvalue weighted by atomic mass is 10.1. The summed E-state index contributed by atoms with van der Waals surface area (Å²) in [5.74, 6) is 0.154. The fraction of sp³-hybridized carbons (Fsp3) is 0.263. The van der Waals surface area contributed by atoms with Crippen molar-refractivity contribution in [1.29, 1.82) is 0 Å². The number of ether oxygens (including phenoxy) is 1. The summed E-state index contributed by atoms with van der Waals surface area (Å²) >= 11 is 3.31. The Balaban J connectivity index is 2.18. The molecule has 1 aromatic heterocycles. The molecule has 27 heavy (non-hydrogen) atoms. The molecule has 0 saturated heterocycles. The van der Waals surface area contributed by atoms with Crippen LogP contribution in [0.1, 0.15) is 5.56 Å². The largest absolute Gasteiger partial charge is 0.497 e. The Hall–Kier alpha value is -1.90. The van der Waals surface area contributed by atoms with E-state index in [4.69, 9.17) is 4.74 Å². The molecule has 144 valence electrons. The van der Waals surface area contributed by atoms with E-state index in [0.717, 1.165) is 12.1 Å². The first kappa shape index (κ1) is 19.9. The molecule has 0 aliphatic rings. The van der Waals surface area contributed by atoms with Crippen LogP contribution in [0, 0.1) is 5.82 Å². The molecule has 0 bridgehead atoms. The standard InChI is InChI=1S/C19H20BrFN2O3S/c1-22(2)9-8-13-12-23(18-6-4-14(21)10-16(13)18)27(24,25)19-7-5-15(26-3)11-17(19)20/h4-7,10-12H,8-9H2,1-3H3. The van der Waals surface area contributed by atoms with Gasteiger partial charge in [0.2, 0.25) is 0 Å². The molecule has 0 N–H and O–H groups in total. The van der Waals surface area contributed by atoms with Crippen molar-refractivity contribution in [3.63, 3.8) is 0 Å². The van der Waals surface area contributed by atoms with Crippen LogP contribution in [0.4, 0.5) is 4.39 Å². The fourth-order valence-electron chi connectivity index (χ4n) is 2.90. The van der Waals surface area contributed by atoms with Crippen LogP contribution >= 0.6 is 15.9 Å². The van der Waals surface area contributed by atoms with E-state index < -0.39 is 15.8 Å². The van der Waals surface area contributed by atoms with Gasteiger partial charge in [0.05, 0.1) is 12.6 Å². The molecule has 0 saturated carbocycles. The number of fused-ring (bicyclic) bond motifs is 1. The summed E-state index contributed by atoms with van der Waals surface area (Å²) in [6, 6.07) is 8.84. The van der Waals surface area contributed by atoms with Crippen LogP contribution < -0.4 is 4.74 Å². The van der Waals surface area contributed by atoms with Crippen molar-refractivity contribution < 1.29 is 17.5 Å². The highest BCUT2D eigenvalue weighted by Gasteiger charge is 2.24. The summed E-state index contributed by atoms with van der Waals surface area (Å²) in [5, 5.41) is 0.602. The third-order valence-electron chi connectivity index (χ3n) is 4.32. The highest BCUT2D eigenvalue weighted by atomic mass is 79.9. The summed E-state index contributed by atoms with van der Waals surface area (Å²) in [6.07, 6.45) is 2.19. The number of halogens is 2. The van der Waals surface area contributed by atoms with Crippen molar-refractivity contribution >= 4 is 36.9 Å². The molecule has 5 nitrogen and oxygen atoms in total. The van der Waals surface area contributed by atoms with Crippen molar-refractivity contribution in [2.24, 2.45) is 0 Å². The van der Waals surface area contributed by atoms with Crippen LogP contribution in [0.25, 0.3) is 10.9 Å². The van der Waals surface area contributed by atoms with Crippen LogP contribution in [-0.2, 0) is 16.4 Å². The van der Waals surface area contributed by atoms with Gasteiger partial charge in [-0.2, -0.15) is 0 Å². The zero-order chi connectivity index (χ0) is 19.8. The highest BCUT2D eigenvalue weighted by Crippen LogP contribution is 2.32. The molecule has 0 aliphatic heterocycles. The Morgan fingerprint density at radius 1 is 1.19 bits per heavy atom. The van der Waals surface area contributed by atoms with Crippen LogP contribution in [0.5, 0.6) is 5.75 Å². The second-order valence-electron chi connectivity index (χ2n) is 6.47. The molecule has 1 heterocycles. The molecule has 2 aromatic carbocycles. The fourth-order valence-corrected chi connectivity index (χ4v) is 5.32. The van der Waals surface area contributed by atoms with E-state index in [1.165, 1.54) is 35.3 Å². The molecule has 0 amide bonds. The van der Waals surface area contributed by atoms with E-state index in [-0.39, 0.29) is 4.90 Å². The van der Waals surface area contributed by atoms with Gasteiger partial charge in [-0.3, -0.25) is 0 Å². The Bertz CT molecular complexity index is 1090. The average Bonchev–Trinajstić information content (AvgIpc) is 2.98. The average molecular weight is 455 g/mol. The van der Waals surface area contributed by atoms with E-state index in [9.17, 15) is 12.8 Å². The Labute approximate surface area is 166 Å². The minimum Gasteiger partial charge on any atom is -0.497 e. The quantitative estimate of drug-likeness (QED) is 0.566. The summed E-state index contributed by atoms with van der Waals surface area (Å²) in [5.41, 5.74) is 1.24. The monoisotopic (exact) mass is 454 g/mol. The number of benzene rings is 2. The number of hydrogen-bond acceptors (Lipinski definition) is 4. The Kier molecular flexibility index (Phi) is 5.60. The van der Waals surface area contributed by atoms with Gasteiger partial charge in [-0.15, -0.1) is 0 Å². The molecule has 8 heteroatoms. The molecular formula is C19H20BrFN2O3S. The smallest absolute Gasteiger partial charge is 0.269 e.